The van der Waals surface area contributed by atoms with Crippen LogP contribution in [-0.4, -0.2) is 23.1 Å². The second kappa shape index (κ2) is 7.07. The normalized spacial score (nSPS) is 12.8. The number of carboxylic acid groups (broad SMARTS) is 1. The standard InChI is InChI=1S/C14H16N2O3/c1-3-7-10(2)15-14(19)16-12(13(17)18)11-8-5-4-6-9-11/h1,4-6,8-10,12H,7H2,2H3,(H,17,18)(H2,15,16,19)/t10?,12-/m0/s1. The number of hydrogen-bond acceptors (Lipinski definition) is 2. The number of carbonyl (C=O) groups is 2. The van der Waals surface area contributed by atoms with E-state index in [0.717, 1.165) is 0 Å². The maximum absolute atomic E-state index is 11.7. The fraction of sp³-hybridized carbons (Fsp3) is 0.286. The van der Waals surface area contributed by atoms with Crippen molar-refractivity contribution in [3.05, 3.63) is 35.9 Å². The predicted molar refractivity (Wildman–Crippen MR) is 71.4 cm³/mol. The minimum Gasteiger partial charge on any atom is -0.479 e. The van der Waals surface area contributed by atoms with E-state index in [1.165, 1.54) is 0 Å². The van der Waals surface area contributed by atoms with Gasteiger partial charge in [0.1, 0.15) is 0 Å². The van der Waals surface area contributed by atoms with Crippen LogP contribution in [0, 0.1) is 12.3 Å². The first-order valence-corrected chi connectivity index (χ1v) is 5.83. The summed E-state index contributed by atoms with van der Waals surface area (Å²) in [5.41, 5.74) is 0.509. The molecule has 1 unspecified atom stereocenters. The first-order chi connectivity index (χ1) is 9.04. The molecular weight excluding hydrogens is 244 g/mol. The molecule has 1 aromatic rings. The number of rotatable bonds is 5. The van der Waals surface area contributed by atoms with Gasteiger partial charge in [0.2, 0.25) is 0 Å². The van der Waals surface area contributed by atoms with Gasteiger partial charge in [-0.25, -0.2) is 9.59 Å². The zero-order valence-corrected chi connectivity index (χ0v) is 10.6. The van der Waals surface area contributed by atoms with Crippen molar-refractivity contribution in [2.75, 3.05) is 0 Å². The Bertz CT molecular complexity index is 479. The van der Waals surface area contributed by atoms with Crippen LogP contribution >= 0.6 is 0 Å². The number of hydrogen-bond donors (Lipinski definition) is 3. The van der Waals surface area contributed by atoms with E-state index in [9.17, 15) is 9.59 Å². The van der Waals surface area contributed by atoms with E-state index in [2.05, 4.69) is 16.6 Å². The summed E-state index contributed by atoms with van der Waals surface area (Å²) in [6, 6.07) is 6.64. The molecular formula is C14H16N2O3. The Balaban J connectivity index is 2.68. The number of carboxylic acids is 1. The van der Waals surface area contributed by atoms with Crippen LogP contribution < -0.4 is 10.6 Å². The van der Waals surface area contributed by atoms with Gasteiger partial charge in [-0.15, -0.1) is 12.3 Å². The van der Waals surface area contributed by atoms with Crippen molar-refractivity contribution >= 4 is 12.0 Å². The van der Waals surface area contributed by atoms with Crippen LogP contribution in [0.1, 0.15) is 24.9 Å². The van der Waals surface area contributed by atoms with Gasteiger partial charge in [-0.2, -0.15) is 0 Å². The summed E-state index contributed by atoms with van der Waals surface area (Å²) in [6.45, 7) is 1.75. The van der Waals surface area contributed by atoms with Gasteiger partial charge in [0.25, 0.3) is 0 Å². The van der Waals surface area contributed by atoms with Gasteiger partial charge < -0.3 is 15.7 Å². The second-order valence-corrected chi connectivity index (χ2v) is 4.11. The molecule has 1 rings (SSSR count). The van der Waals surface area contributed by atoms with E-state index in [1.807, 2.05) is 0 Å². The average molecular weight is 260 g/mol. The average Bonchev–Trinajstić information content (AvgIpc) is 2.37. The predicted octanol–water partition coefficient (Wildman–Crippen LogP) is 1.52. The SMILES string of the molecule is C#CCC(C)NC(=O)N[C@H](C(=O)O)c1ccccc1. The molecule has 0 radical (unpaired) electrons. The lowest BCUT2D eigenvalue weighted by atomic mass is 10.1. The van der Waals surface area contributed by atoms with E-state index in [0.29, 0.717) is 12.0 Å². The Morgan fingerprint density at radius 2 is 1.95 bits per heavy atom. The van der Waals surface area contributed by atoms with Gasteiger partial charge in [-0.1, -0.05) is 30.3 Å². The molecule has 0 aliphatic heterocycles. The molecule has 0 saturated heterocycles. The summed E-state index contributed by atoms with van der Waals surface area (Å²) in [6.07, 6.45) is 5.52. The number of aliphatic carboxylic acids is 1. The third-order valence-corrected chi connectivity index (χ3v) is 2.46. The summed E-state index contributed by atoms with van der Waals surface area (Å²) in [5, 5.41) is 14.1. The fourth-order valence-corrected chi connectivity index (χ4v) is 1.56. The molecule has 0 aromatic heterocycles. The lowest BCUT2D eigenvalue weighted by Gasteiger charge is -2.17. The molecule has 0 fully saturated rings. The largest absolute Gasteiger partial charge is 0.479 e. The zero-order chi connectivity index (χ0) is 14.3. The summed E-state index contributed by atoms with van der Waals surface area (Å²) in [7, 11) is 0. The van der Waals surface area contributed by atoms with E-state index in [1.54, 1.807) is 37.3 Å². The highest BCUT2D eigenvalue weighted by molar-refractivity contribution is 5.83. The number of terminal acetylenes is 1. The maximum atomic E-state index is 11.7. The van der Waals surface area contributed by atoms with Gasteiger partial charge in [-0.05, 0) is 12.5 Å². The van der Waals surface area contributed by atoms with Crippen molar-refractivity contribution in [3.8, 4) is 12.3 Å². The summed E-state index contributed by atoms with van der Waals surface area (Å²) in [4.78, 5) is 22.8. The summed E-state index contributed by atoms with van der Waals surface area (Å²) < 4.78 is 0. The zero-order valence-electron chi connectivity index (χ0n) is 10.6. The van der Waals surface area contributed by atoms with Crippen LogP contribution in [0.2, 0.25) is 0 Å². The van der Waals surface area contributed by atoms with Crippen LogP contribution in [-0.2, 0) is 4.79 Å². The monoisotopic (exact) mass is 260 g/mol. The van der Waals surface area contributed by atoms with Gasteiger partial charge in [0, 0.05) is 12.5 Å². The fourth-order valence-electron chi connectivity index (χ4n) is 1.56. The number of carbonyl (C=O) groups excluding carboxylic acids is 1. The molecule has 0 spiro atoms. The molecule has 0 bridgehead atoms. The topological polar surface area (TPSA) is 78.4 Å². The number of urea groups is 1. The lowest BCUT2D eigenvalue weighted by Crippen LogP contribution is -2.44. The van der Waals surface area contributed by atoms with Crippen LogP contribution in [0.15, 0.2) is 30.3 Å². The Morgan fingerprint density at radius 3 is 2.47 bits per heavy atom. The molecule has 100 valence electrons. The molecule has 0 saturated carbocycles. The van der Waals surface area contributed by atoms with E-state index in [-0.39, 0.29) is 6.04 Å². The van der Waals surface area contributed by atoms with Crippen molar-refractivity contribution in [1.82, 2.24) is 10.6 Å². The Morgan fingerprint density at radius 1 is 1.32 bits per heavy atom. The molecule has 1 aromatic carbocycles. The molecule has 19 heavy (non-hydrogen) atoms. The smallest absolute Gasteiger partial charge is 0.330 e. The van der Waals surface area contributed by atoms with Crippen LogP contribution in [0.3, 0.4) is 0 Å². The van der Waals surface area contributed by atoms with Crippen molar-refractivity contribution < 1.29 is 14.7 Å². The summed E-state index contributed by atoms with van der Waals surface area (Å²) in [5.74, 6) is 1.30. The van der Waals surface area contributed by atoms with Gasteiger partial charge in [0.15, 0.2) is 6.04 Å². The molecule has 2 amide bonds. The maximum Gasteiger partial charge on any atom is 0.330 e. The molecule has 0 aliphatic rings. The second-order valence-electron chi connectivity index (χ2n) is 4.11. The Kier molecular flexibility index (Phi) is 5.42. The number of nitrogens with one attached hydrogen (secondary N) is 2. The molecule has 2 atom stereocenters. The molecule has 0 heterocycles. The van der Waals surface area contributed by atoms with Crippen molar-refractivity contribution in [2.45, 2.75) is 25.4 Å². The van der Waals surface area contributed by atoms with Crippen LogP contribution in [0.4, 0.5) is 4.79 Å². The molecule has 5 heteroatoms. The van der Waals surface area contributed by atoms with E-state index < -0.39 is 18.0 Å². The van der Waals surface area contributed by atoms with Gasteiger partial charge in [0.05, 0.1) is 0 Å². The molecule has 5 nitrogen and oxygen atoms in total. The van der Waals surface area contributed by atoms with E-state index in [4.69, 9.17) is 11.5 Å². The Hall–Kier alpha value is -2.48. The molecule has 3 N–H and O–H groups in total. The Labute approximate surface area is 112 Å². The van der Waals surface area contributed by atoms with Crippen molar-refractivity contribution in [1.29, 1.82) is 0 Å². The highest BCUT2D eigenvalue weighted by atomic mass is 16.4. The van der Waals surface area contributed by atoms with E-state index >= 15 is 0 Å². The summed E-state index contributed by atoms with van der Waals surface area (Å²) >= 11 is 0. The minimum atomic E-state index is -1.12. The lowest BCUT2D eigenvalue weighted by molar-refractivity contribution is -0.139. The first-order valence-electron chi connectivity index (χ1n) is 5.83. The van der Waals surface area contributed by atoms with Gasteiger partial charge >= 0.3 is 12.0 Å². The first kappa shape index (κ1) is 14.6. The third-order valence-electron chi connectivity index (χ3n) is 2.46. The quantitative estimate of drug-likeness (QED) is 0.702. The van der Waals surface area contributed by atoms with Gasteiger partial charge in [-0.3, -0.25) is 0 Å². The number of amides is 2. The molecule has 0 aliphatic carbocycles. The van der Waals surface area contributed by atoms with Crippen LogP contribution in [0.25, 0.3) is 0 Å². The van der Waals surface area contributed by atoms with Crippen molar-refractivity contribution in [2.24, 2.45) is 0 Å². The highest BCUT2D eigenvalue weighted by Gasteiger charge is 2.22. The third kappa shape index (κ3) is 4.72. The van der Waals surface area contributed by atoms with Crippen LogP contribution in [0.5, 0.6) is 0 Å². The highest BCUT2D eigenvalue weighted by Crippen LogP contribution is 2.12. The van der Waals surface area contributed by atoms with Crippen molar-refractivity contribution in [3.63, 3.8) is 0 Å². The number of benzene rings is 1. The minimum absolute atomic E-state index is 0.213.